The Balaban J connectivity index is 2.41. The van der Waals surface area contributed by atoms with E-state index in [-0.39, 0.29) is 17.0 Å². The molecule has 0 aromatic carbocycles. The molecule has 0 saturated carbocycles. The maximum absolute atomic E-state index is 12.1. The Bertz CT molecular complexity index is 342. The predicted octanol–water partition coefficient (Wildman–Crippen LogP) is -1.56. The van der Waals surface area contributed by atoms with Crippen molar-refractivity contribution in [2.45, 2.75) is 50.9 Å². The summed E-state index contributed by atoms with van der Waals surface area (Å²) in [7, 11) is 0. The lowest BCUT2D eigenvalue weighted by atomic mass is 9.70. The first-order valence-corrected chi connectivity index (χ1v) is 5.44. The fourth-order valence-corrected chi connectivity index (χ4v) is 3.55. The average molecular weight is 228 g/mol. The molecule has 1 amide bonds. The topological polar surface area (TPSA) is 93.7 Å². The Morgan fingerprint density at radius 1 is 1.31 bits per heavy atom. The number of hydroxylamine groups is 4. The van der Waals surface area contributed by atoms with Crippen molar-refractivity contribution in [2.24, 2.45) is 11.7 Å². The quantitative estimate of drug-likeness (QED) is 0.531. The smallest absolute Gasteiger partial charge is 0.276 e. The van der Waals surface area contributed by atoms with Gasteiger partial charge in [0, 0.05) is 0 Å². The van der Waals surface area contributed by atoms with Gasteiger partial charge in [-0.1, -0.05) is 0 Å². The number of fused-ring (bicyclic) bond motifs is 1. The van der Waals surface area contributed by atoms with Crippen LogP contribution < -0.4 is 10.8 Å². The molecule has 0 aliphatic carbocycles. The van der Waals surface area contributed by atoms with E-state index in [9.17, 15) is 15.2 Å². The highest BCUT2D eigenvalue weighted by molar-refractivity contribution is 5.80. The zero-order valence-corrected chi connectivity index (χ0v) is 9.98. The minimum atomic E-state index is -0.779. The van der Waals surface area contributed by atoms with Crippen LogP contribution in [0.3, 0.4) is 0 Å². The molecule has 2 heterocycles. The van der Waals surface area contributed by atoms with E-state index in [0.29, 0.717) is 0 Å². The summed E-state index contributed by atoms with van der Waals surface area (Å²) in [5.41, 5.74) is 3.77. The molecule has 6 heteroatoms. The number of primary amides is 1. The highest BCUT2D eigenvalue weighted by Gasteiger charge is 2.73. The standard InChI is InChI=1S/C10H18N3O3/c1-9(2)5-6(8(11)14)12(15)7(5)10(3,4)13(9)16/h5-7,12H,1-4H3,(H2,11,14). The molecule has 0 bridgehead atoms. The van der Waals surface area contributed by atoms with Crippen LogP contribution in [0.15, 0.2) is 0 Å². The highest BCUT2D eigenvalue weighted by atomic mass is 16.5. The van der Waals surface area contributed by atoms with E-state index in [1.807, 2.05) is 0 Å². The molecule has 2 saturated heterocycles. The van der Waals surface area contributed by atoms with E-state index < -0.39 is 23.0 Å². The van der Waals surface area contributed by atoms with Crippen molar-refractivity contribution < 1.29 is 15.1 Å². The maximum Gasteiger partial charge on any atom is 0.276 e. The lowest BCUT2D eigenvalue weighted by molar-refractivity contribution is -0.953. The van der Waals surface area contributed by atoms with Crippen molar-refractivity contribution >= 4 is 5.91 Å². The first-order chi connectivity index (χ1) is 7.13. The van der Waals surface area contributed by atoms with Crippen molar-refractivity contribution in [2.75, 3.05) is 0 Å². The number of carbonyl (C=O) groups is 1. The third-order valence-electron chi connectivity index (χ3n) is 4.26. The van der Waals surface area contributed by atoms with Crippen molar-refractivity contribution in [1.82, 2.24) is 5.06 Å². The number of nitrogens with two attached hydrogens (primary N) is 1. The molecule has 2 aliphatic heterocycles. The van der Waals surface area contributed by atoms with E-state index in [1.54, 1.807) is 27.7 Å². The Kier molecular flexibility index (Phi) is 2.17. The zero-order valence-electron chi connectivity index (χ0n) is 9.98. The molecular weight excluding hydrogens is 210 g/mol. The molecule has 2 rings (SSSR count). The van der Waals surface area contributed by atoms with Crippen LogP contribution in [-0.4, -0.2) is 34.1 Å². The molecule has 0 aromatic rings. The molecule has 16 heavy (non-hydrogen) atoms. The lowest BCUT2D eigenvalue weighted by Crippen LogP contribution is -3.27. The summed E-state index contributed by atoms with van der Waals surface area (Å²) in [6.45, 7) is 7.05. The average Bonchev–Trinajstić information content (AvgIpc) is 2.20. The first kappa shape index (κ1) is 11.8. The van der Waals surface area contributed by atoms with E-state index in [0.717, 1.165) is 5.06 Å². The summed E-state index contributed by atoms with van der Waals surface area (Å²) < 4.78 is 0. The van der Waals surface area contributed by atoms with Crippen molar-refractivity contribution in [3.63, 3.8) is 0 Å². The molecule has 0 spiro atoms. The Labute approximate surface area is 94.5 Å². The van der Waals surface area contributed by atoms with Crippen LogP contribution in [0.25, 0.3) is 0 Å². The van der Waals surface area contributed by atoms with Gasteiger partial charge in [0.05, 0.1) is 17.0 Å². The molecule has 4 unspecified atom stereocenters. The van der Waals surface area contributed by atoms with E-state index in [2.05, 4.69) is 0 Å². The van der Waals surface area contributed by atoms with Gasteiger partial charge in [-0.15, -0.1) is 10.3 Å². The van der Waals surface area contributed by atoms with Crippen LogP contribution in [0.4, 0.5) is 0 Å². The second kappa shape index (κ2) is 2.95. The zero-order chi connectivity index (χ0) is 12.5. The number of hydrogen-bond donors (Lipinski definition) is 2. The Morgan fingerprint density at radius 2 is 1.81 bits per heavy atom. The fraction of sp³-hybridized carbons (Fsp3) is 0.900. The van der Waals surface area contributed by atoms with Crippen molar-refractivity contribution in [3.8, 4) is 0 Å². The second-order valence-corrected chi connectivity index (χ2v) is 5.89. The van der Waals surface area contributed by atoms with Gasteiger partial charge in [0.1, 0.15) is 6.04 Å². The van der Waals surface area contributed by atoms with Crippen molar-refractivity contribution in [1.29, 1.82) is 0 Å². The van der Waals surface area contributed by atoms with Gasteiger partial charge in [-0.2, -0.15) is 0 Å². The van der Waals surface area contributed by atoms with E-state index >= 15 is 0 Å². The van der Waals surface area contributed by atoms with Crippen LogP contribution in [0.2, 0.25) is 0 Å². The summed E-state index contributed by atoms with van der Waals surface area (Å²) >= 11 is 0. The monoisotopic (exact) mass is 228 g/mol. The van der Waals surface area contributed by atoms with Crippen LogP contribution in [0.5, 0.6) is 0 Å². The van der Waals surface area contributed by atoms with Gasteiger partial charge in [0.2, 0.25) is 0 Å². The van der Waals surface area contributed by atoms with Gasteiger partial charge in [0.15, 0.2) is 6.04 Å². The third-order valence-corrected chi connectivity index (χ3v) is 4.26. The van der Waals surface area contributed by atoms with Crippen molar-refractivity contribution in [3.05, 3.63) is 5.21 Å². The van der Waals surface area contributed by atoms with Gasteiger partial charge >= 0.3 is 0 Å². The van der Waals surface area contributed by atoms with E-state index in [4.69, 9.17) is 5.73 Å². The van der Waals surface area contributed by atoms with Gasteiger partial charge < -0.3 is 16.0 Å². The SMILES string of the molecule is CC1(C)C2C(C(N)=O)[NH+]([O-])C2C(C)(C)N1[O]. The highest BCUT2D eigenvalue weighted by Crippen LogP contribution is 2.47. The van der Waals surface area contributed by atoms with Gasteiger partial charge in [-0.3, -0.25) is 4.79 Å². The molecule has 4 atom stereocenters. The maximum atomic E-state index is 12.1. The van der Waals surface area contributed by atoms with Crippen LogP contribution in [0.1, 0.15) is 27.7 Å². The summed E-state index contributed by atoms with van der Waals surface area (Å²) in [4.78, 5) is 11.2. The molecule has 6 nitrogen and oxygen atoms in total. The Morgan fingerprint density at radius 3 is 2.25 bits per heavy atom. The number of hydrogen-bond acceptors (Lipinski definition) is 3. The molecule has 91 valence electrons. The summed E-state index contributed by atoms with van der Waals surface area (Å²) in [5, 5.41) is 24.8. The molecule has 0 aromatic heterocycles. The lowest BCUT2D eigenvalue weighted by Gasteiger charge is -2.53. The molecule has 3 N–H and O–H groups in total. The summed E-state index contributed by atoms with van der Waals surface area (Å²) in [6, 6.07) is -1.14. The van der Waals surface area contributed by atoms with Crippen LogP contribution >= 0.6 is 0 Å². The summed E-state index contributed by atoms with van der Waals surface area (Å²) in [5.74, 6) is -0.851. The second-order valence-electron chi connectivity index (χ2n) is 5.89. The number of amides is 1. The van der Waals surface area contributed by atoms with Gasteiger partial charge in [0.25, 0.3) is 5.91 Å². The van der Waals surface area contributed by atoms with E-state index in [1.165, 1.54) is 0 Å². The van der Waals surface area contributed by atoms with Crippen LogP contribution in [-0.2, 0) is 10.0 Å². The number of nitrogens with one attached hydrogen (secondary N) is 1. The largest absolute Gasteiger partial charge is 0.633 e. The molecule has 1 radical (unpaired) electrons. The molecule has 2 aliphatic rings. The minimum absolute atomic E-state index is 0.172. The number of quaternary nitrogens is 1. The third kappa shape index (κ3) is 1.08. The number of carbonyl (C=O) groups excluding carboxylic acids is 1. The summed E-state index contributed by atoms with van der Waals surface area (Å²) in [6.07, 6.45) is 0. The normalized spacial score (nSPS) is 44.9. The van der Waals surface area contributed by atoms with Gasteiger partial charge in [-0.05, 0) is 27.7 Å². The van der Waals surface area contributed by atoms with Crippen LogP contribution in [0, 0.1) is 11.1 Å². The predicted molar refractivity (Wildman–Crippen MR) is 55.3 cm³/mol. The first-order valence-electron chi connectivity index (χ1n) is 5.44. The molecule has 2 fully saturated rings. The van der Waals surface area contributed by atoms with Gasteiger partial charge in [-0.25, -0.2) is 0 Å². The molecular formula is C10H18N3O3. The Hall–Kier alpha value is -0.690. The number of rotatable bonds is 1. The number of nitrogens with zero attached hydrogens (tertiary/aromatic N) is 1. The fourth-order valence-electron chi connectivity index (χ4n) is 3.55. The minimum Gasteiger partial charge on any atom is -0.633 e.